The summed E-state index contributed by atoms with van der Waals surface area (Å²) < 4.78 is 4.84. The summed E-state index contributed by atoms with van der Waals surface area (Å²) in [7, 11) is 1.24. The SMILES string of the molecule is COC(=O)NC(C(=O)NC(Cc1ccc(-c2ccccn2)cc1)CC(O)C(Cc1ccccc1)NC(=O)C(N1CCN(Cc2ccncc2)C1=O)C(C)(C)C)C(C)(C)C. The number of urea groups is 1. The van der Waals surface area contributed by atoms with Crippen molar-refractivity contribution in [2.75, 3.05) is 20.2 Å². The number of aliphatic hydroxyl groups is 1. The van der Waals surface area contributed by atoms with E-state index in [1.807, 2.05) is 126 Å². The van der Waals surface area contributed by atoms with Gasteiger partial charge in [0.25, 0.3) is 0 Å². The number of alkyl carbamates (subject to hydrolysis) is 1. The standard InChI is InChI=1S/C46H59N7O6/c1-45(2,3)39(51-43(57)59-7)41(55)49-35(27-32-16-18-34(19-17-32)36-15-11-12-22-48-36)29-38(54)37(28-31-13-9-8-10-14-31)50-42(56)40(46(4,5)6)53-26-25-52(44(53)58)30-33-20-23-47-24-21-33/h8-24,35,37-40,54H,25-30H2,1-7H3,(H,49,55)(H,50,56)(H,51,57). The van der Waals surface area contributed by atoms with Crippen molar-refractivity contribution in [3.05, 3.63) is 120 Å². The number of aliphatic hydroxyl groups excluding tert-OH is 1. The highest BCUT2D eigenvalue weighted by atomic mass is 16.5. The second kappa shape index (κ2) is 19.8. The average Bonchev–Trinajstić information content (AvgIpc) is 3.54. The van der Waals surface area contributed by atoms with Crippen molar-refractivity contribution in [1.82, 2.24) is 35.7 Å². The highest BCUT2D eigenvalue weighted by Gasteiger charge is 2.44. The van der Waals surface area contributed by atoms with Crippen LogP contribution in [0.5, 0.6) is 0 Å². The van der Waals surface area contributed by atoms with Gasteiger partial charge in [0.05, 0.1) is 24.9 Å². The number of carbonyl (C=O) groups is 4. The molecule has 2 aromatic carbocycles. The van der Waals surface area contributed by atoms with E-state index in [1.54, 1.807) is 28.4 Å². The zero-order valence-corrected chi connectivity index (χ0v) is 35.2. The zero-order valence-electron chi connectivity index (χ0n) is 35.2. The van der Waals surface area contributed by atoms with Crippen LogP contribution in [0.15, 0.2) is 104 Å². The largest absolute Gasteiger partial charge is 0.453 e. The minimum atomic E-state index is -1.14. The molecule has 0 spiro atoms. The molecule has 4 aromatic rings. The van der Waals surface area contributed by atoms with Gasteiger partial charge in [-0.25, -0.2) is 9.59 Å². The Balaban J connectivity index is 1.42. The first-order valence-corrected chi connectivity index (χ1v) is 20.2. The lowest BCUT2D eigenvalue weighted by Gasteiger charge is -2.38. The van der Waals surface area contributed by atoms with Gasteiger partial charge in [-0.05, 0) is 71.0 Å². The summed E-state index contributed by atoms with van der Waals surface area (Å²) in [5.41, 5.74) is 3.16. The Morgan fingerprint density at radius 2 is 1.41 bits per heavy atom. The topological polar surface area (TPSA) is 166 Å². The molecule has 1 aliphatic rings. The Labute approximate surface area is 348 Å². The molecular weight excluding hydrogens is 747 g/mol. The van der Waals surface area contributed by atoms with Gasteiger partial charge in [-0.1, -0.05) is 102 Å². The minimum Gasteiger partial charge on any atom is -0.453 e. The summed E-state index contributed by atoms with van der Waals surface area (Å²) in [6.45, 7) is 12.5. The molecule has 13 heteroatoms. The molecule has 1 fully saturated rings. The van der Waals surface area contributed by atoms with Crippen LogP contribution in [0.3, 0.4) is 0 Å². The van der Waals surface area contributed by atoms with Gasteiger partial charge in [0, 0.05) is 49.8 Å². The molecule has 3 heterocycles. The molecule has 0 saturated carbocycles. The van der Waals surface area contributed by atoms with Gasteiger partial charge in [-0.2, -0.15) is 0 Å². The van der Waals surface area contributed by atoms with Crippen LogP contribution in [-0.4, -0.2) is 99.3 Å². The fourth-order valence-corrected chi connectivity index (χ4v) is 7.53. The minimum absolute atomic E-state index is 0.0587. The van der Waals surface area contributed by atoms with Gasteiger partial charge < -0.3 is 35.6 Å². The number of methoxy groups -OCH3 is 1. The molecule has 5 amide bonds. The van der Waals surface area contributed by atoms with E-state index in [0.29, 0.717) is 32.5 Å². The number of ether oxygens (including phenoxy) is 1. The molecule has 4 N–H and O–H groups in total. The quantitative estimate of drug-likeness (QED) is 0.111. The van der Waals surface area contributed by atoms with Crippen LogP contribution in [0.2, 0.25) is 0 Å². The number of aromatic nitrogens is 2. The van der Waals surface area contributed by atoms with Gasteiger partial charge in [-0.15, -0.1) is 0 Å². The van der Waals surface area contributed by atoms with E-state index in [-0.39, 0.29) is 18.4 Å². The van der Waals surface area contributed by atoms with E-state index >= 15 is 0 Å². The Morgan fingerprint density at radius 3 is 2.02 bits per heavy atom. The third-order valence-corrected chi connectivity index (χ3v) is 10.6. The monoisotopic (exact) mass is 805 g/mol. The van der Waals surface area contributed by atoms with Crippen LogP contribution in [-0.2, 0) is 33.7 Å². The van der Waals surface area contributed by atoms with Gasteiger partial charge >= 0.3 is 12.1 Å². The molecule has 1 aliphatic heterocycles. The van der Waals surface area contributed by atoms with Crippen molar-refractivity contribution in [1.29, 1.82) is 0 Å². The van der Waals surface area contributed by atoms with Crippen molar-refractivity contribution in [2.24, 2.45) is 10.8 Å². The number of carbonyl (C=O) groups excluding carboxylic acids is 4. The molecule has 0 aliphatic carbocycles. The number of rotatable bonds is 16. The van der Waals surface area contributed by atoms with E-state index in [2.05, 4.69) is 25.9 Å². The molecule has 13 nitrogen and oxygen atoms in total. The lowest BCUT2D eigenvalue weighted by molar-refractivity contribution is -0.131. The van der Waals surface area contributed by atoms with Crippen molar-refractivity contribution < 1.29 is 29.0 Å². The summed E-state index contributed by atoms with van der Waals surface area (Å²) in [6, 6.07) is 23.4. The normalized spacial score (nSPS) is 15.8. The Kier molecular flexibility index (Phi) is 14.8. The third-order valence-electron chi connectivity index (χ3n) is 10.6. The maximum Gasteiger partial charge on any atom is 0.407 e. The van der Waals surface area contributed by atoms with Crippen LogP contribution < -0.4 is 16.0 Å². The summed E-state index contributed by atoms with van der Waals surface area (Å²) in [5.74, 6) is -0.817. The number of pyridine rings is 2. The van der Waals surface area contributed by atoms with Crippen LogP contribution in [0.1, 0.15) is 64.7 Å². The first-order valence-electron chi connectivity index (χ1n) is 20.2. The molecule has 2 aromatic heterocycles. The third kappa shape index (κ3) is 12.3. The zero-order chi connectivity index (χ0) is 42.7. The molecular formula is C46H59N7O6. The number of hydrogen-bond acceptors (Lipinski definition) is 8. The molecule has 314 valence electrons. The average molecular weight is 806 g/mol. The molecule has 1 saturated heterocycles. The Morgan fingerprint density at radius 1 is 0.746 bits per heavy atom. The number of nitrogens with zero attached hydrogens (tertiary/aromatic N) is 4. The Hall–Kier alpha value is -5.82. The highest BCUT2D eigenvalue weighted by Crippen LogP contribution is 2.29. The summed E-state index contributed by atoms with van der Waals surface area (Å²) in [4.78, 5) is 66.7. The fraction of sp³-hybridized carbons (Fsp3) is 0.435. The number of nitrogens with one attached hydrogen (secondary N) is 3. The second-order valence-corrected chi connectivity index (χ2v) is 17.4. The van der Waals surface area contributed by atoms with Gasteiger partial charge in [0.1, 0.15) is 12.1 Å². The molecule has 0 radical (unpaired) electrons. The summed E-state index contributed by atoms with van der Waals surface area (Å²) >= 11 is 0. The molecule has 0 bridgehead atoms. The Bertz CT molecular complexity index is 1990. The second-order valence-electron chi connectivity index (χ2n) is 17.4. The van der Waals surface area contributed by atoms with Crippen molar-refractivity contribution in [2.45, 2.75) is 97.6 Å². The maximum absolute atomic E-state index is 14.6. The number of hydrogen-bond donors (Lipinski definition) is 4. The van der Waals surface area contributed by atoms with Crippen molar-refractivity contribution in [3.63, 3.8) is 0 Å². The van der Waals surface area contributed by atoms with E-state index in [0.717, 1.165) is 27.9 Å². The van der Waals surface area contributed by atoms with Crippen LogP contribution in [0.25, 0.3) is 11.3 Å². The molecule has 59 heavy (non-hydrogen) atoms. The van der Waals surface area contributed by atoms with E-state index < -0.39 is 53.1 Å². The van der Waals surface area contributed by atoms with E-state index in [4.69, 9.17) is 4.74 Å². The van der Waals surface area contributed by atoms with Crippen LogP contribution in [0, 0.1) is 10.8 Å². The molecule has 5 atom stereocenters. The summed E-state index contributed by atoms with van der Waals surface area (Å²) in [5, 5.41) is 21.2. The maximum atomic E-state index is 14.6. The summed E-state index contributed by atoms with van der Waals surface area (Å²) in [6.07, 6.45) is 3.93. The molecule has 5 unspecified atom stereocenters. The van der Waals surface area contributed by atoms with Crippen molar-refractivity contribution >= 4 is 23.9 Å². The first kappa shape index (κ1) is 44.3. The van der Waals surface area contributed by atoms with E-state index in [9.17, 15) is 24.3 Å². The van der Waals surface area contributed by atoms with E-state index in [1.165, 1.54) is 7.11 Å². The van der Waals surface area contributed by atoms with Crippen LogP contribution >= 0.6 is 0 Å². The highest BCUT2D eigenvalue weighted by molar-refractivity contribution is 5.89. The fourth-order valence-electron chi connectivity index (χ4n) is 7.53. The van der Waals surface area contributed by atoms with Gasteiger partial charge in [0.2, 0.25) is 11.8 Å². The van der Waals surface area contributed by atoms with Gasteiger partial charge in [-0.3, -0.25) is 19.6 Å². The number of benzene rings is 2. The lowest BCUT2D eigenvalue weighted by atomic mass is 9.84. The van der Waals surface area contributed by atoms with Gasteiger partial charge in [0.15, 0.2) is 0 Å². The smallest absolute Gasteiger partial charge is 0.407 e. The predicted molar refractivity (Wildman–Crippen MR) is 227 cm³/mol. The molecule has 5 rings (SSSR count). The number of amides is 5. The van der Waals surface area contributed by atoms with Crippen LogP contribution in [0.4, 0.5) is 9.59 Å². The predicted octanol–water partition coefficient (Wildman–Crippen LogP) is 5.77. The van der Waals surface area contributed by atoms with Crippen molar-refractivity contribution in [3.8, 4) is 11.3 Å². The first-order chi connectivity index (χ1) is 28.0. The lowest BCUT2D eigenvalue weighted by Crippen LogP contribution is -2.59.